The van der Waals surface area contributed by atoms with E-state index in [-0.39, 0.29) is 11.5 Å². The van der Waals surface area contributed by atoms with Gasteiger partial charge in [0.2, 0.25) is 10.0 Å². The molecule has 8 heteroatoms. The minimum absolute atomic E-state index is 0.0852. The molecule has 2 rings (SSSR count). The molecule has 2 N–H and O–H groups in total. The quantitative estimate of drug-likeness (QED) is 0.829. The number of sulfonamides is 1. The Balaban J connectivity index is 2.21. The number of aliphatic hydroxyl groups excluding tert-OH is 1. The third-order valence-electron chi connectivity index (χ3n) is 2.59. The maximum atomic E-state index is 12.2. The van der Waals surface area contributed by atoms with Gasteiger partial charge in [0.05, 0.1) is 12.2 Å². The molecule has 0 bridgehead atoms. The van der Waals surface area contributed by atoms with Gasteiger partial charge < -0.3 is 5.11 Å². The molecular weight excluding hydrogens is 286 g/mol. The van der Waals surface area contributed by atoms with Crippen LogP contribution in [0.5, 0.6) is 0 Å². The van der Waals surface area contributed by atoms with E-state index in [1.807, 2.05) is 17.5 Å². The molecule has 104 valence electrons. The predicted molar refractivity (Wildman–Crippen MR) is 72.3 cm³/mol. The summed E-state index contributed by atoms with van der Waals surface area (Å²) in [5.41, 5.74) is 0. The summed E-state index contributed by atoms with van der Waals surface area (Å²) in [6.45, 7) is -0.0852. The van der Waals surface area contributed by atoms with E-state index in [2.05, 4.69) is 9.82 Å². The number of aliphatic hydroxyl groups is 1. The summed E-state index contributed by atoms with van der Waals surface area (Å²) in [6.07, 6.45) is 3.07. The van der Waals surface area contributed by atoms with Crippen LogP contribution >= 0.6 is 11.3 Å². The fourth-order valence-corrected chi connectivity index (χ4v) is 3.79. The van der Waals surface area contributed by atoms with Gasteiger partial charge in [0.15, 0.2) is 0 Å². The second-order valence-electron chi connectivity index (χ2n) is 4.05. The number of hydrogen-bond acceptors (Lipinski definition) is 5. The number of nitrogens with zero attached hydrogens (tertiary/aromatic N) is 2. The minimum Gasteiger partial charge on any atom is -0.396 e. The van der Waals surface area contributed by atoms with Gasteiger partial charge in [-0.15, -0.1) is 11.3 Å². The van der Waals surface area contributed by atoms with E-state index in [1.165, 1.54) is 28.4 Å². The summed E-state index contributed by atoms with van der Waals surface area (Å²) in [7, 11) is -1.97. The molecule has 2 heterocycles. The van der Waals surface area contributed by atoms with Crippen molar-refractivity contribution in [3.63, 3.8) is 0 Å². The van der Waals surface area contributed by atoms with Crippen LogP contribution in [0.25, 0.3) is 0 Å². The number of aromatic nitrogens is 2. The molecule has 19 heavy (non-hydrogen) atoms. The fourth-order valence-electron chi connectivity index (χ4n) is 1.67. The van der Waals surface area contributed by atoms with Crippen molar-refractivity contribution in [2.24, 2.45) is 7.05 Å². The predicted octanol–water partition coefficient (Wildman–Crippen LogP) is 0.884. The van der Waals surface area contributed by atoms with Crippen LogP contribution in [0.15, 0.2) is 34.8 Å². The lowest BCUT2D eigenvalue weighted by atomic mass is 10.2. The van der Waals surface area contributed by atoms with E-state index in [0.29, 0.717) is 6.42 Å². The first-order chi connectivity index (χ1) is 9.03. The van der Waals surface area contributed by atoms with E-state index < -0.39 is 16.1 Å². The zero-order chi connectivity index (χ0) is 13.9. The van der Waals surface area contributed by atoms with Gasteiger partial charge in [-0.3, -0.25) is 4.68 Å². The second kappa shape index (κ2) is 5.83. The lowest BCUT2D eigenvalue weighted by Gasteiger charge is -2.15. The van der Waals surface area contributed by atoms with Gasteiger partial charge in [-0.25, -0.2) is 13.1 Å². The Morgan fingerprint density at radius 1 is 1.58 bits per heavy atom. The molecule has 1 atom stereocenters. The number of hydrogen-bond donors (Lipinski definition) is 2. The van der Waals surface area contributed by atoms with Crippen LogP contribution in [-0.2, 0) is 17.1 Å². The third-order valence-corrected chi connectivity index (χ3v) is 5.01. The normalized spacial score (nSPS) is 13.6. The van der Waals surface area contributed by atoms with E-state index >= 15 is 0 Å². The molecule has 2 aromatic rings. The number of thiophene rings is 1. The lowest BCUT2D eigenvalue weighted by molar-refractivity contribution is 0.273. The topological polar surface area (TPSA) is 84.2 Å². The molecule has 6 nitrogen and oxygen atoms in total. The van der Waals surface area contributed by atoms with Crippen LogP contribution in [-0.4, -0.2) is 29.9 Å². The van der Waals surface area contributed by atoms with Gasteiger partial charge in [0.25, 0.3) is 0 Å². The summed E-state index contributed by atoms with van der Waals surface area (Å²) in [6, 6.07) is 3.27. The molecule has 2 aromatic heterocycles. The van der Waals surface area contributed by atoms with Crippen molar-refractivity contribution in [1.82, 2.24) is 14.5 Å². The zero-order valence-electron chi connectivity index (χ0n) is 10.4. The van der Waals surface area contributed by atoms with Gasteiger partial charge in [-0.05, 0) is 17.9 Å². The molecule has 1 unspecified atom stereocenters. The number of aryl methyl sites for hydroxylation is 1. The Kier molecular flexibility index (Phi) is 4.35. The van der Waals surface area contributed by atoms with Gasteiger partial charge in [0.1, 0.15) is 4.90 Å². The van der Waals surface area contributed by atoms with Crippen LogP contribution in [0.3, 0.4) is 0 Å². The largest absolute Gasteiger partial charge is 0.396 e. The summed E-state index contributed by atoms with van der Waals surface area (Å²) in [5.74, 6) is 0. The Labute approximate surface area is 115 Å². The average molecular weight is 301 g/mol. The Bertz CT molecular complexity index is 619. The smallest absolute Gasteiger partial charge is 0.244 e. The summed E-state index contributed by atoms with van der Waals surface area (Å²) in [4.78, 5) is 0.996. The Hall–Kier alpha value is -1.22. The average Bonchev–Trinajstić information content (AvgIpc) is 2.98. The van der Waals surface area contributed by atoms with Crippen molar-refractivity contribution < 1.29 is 13.5 Å². The highest BCUT2D eigenvalue weighted by Crippen LogP contribution is 2.23. The highest BCUT2D eigenvalue weighted by atomic mass is 32.2. The second-order valence-corrected chi connectivity index (χ2v) is 6.74. The standard InChI is InChI=1S/C11H15N3O3S2/c1-14-8-9(7-12-14)19(16,17)13-10(4-5-15)11-3-2-6-18-11/h2-3,6-8,10,13,15H,4-5H2,1H3. The van der Waals surface area contributed by atoms with Crippen molar-refractivity contribution in [3.8, 4) is 0 Å². The first-order valence-electron chi connectivity index (χ1n) is 5.68. The van der Waals surface area contributed by atoms with Crippen molar-refractivity contribution in [1.29, 1.82) is 0 Å². The van der Waals surface area contributed by atoms with Crippen LogP contribution in [0, 0.1) is 0 Å². The highest BCUT2D eigenvalue weighted by Gasteiger charge is 2.22. The zero-order valence-corrected chi connectivity index (χ0v) is 12.0. The van der Waals surface area contributed by atoms with Crippen LogP contribution in [0.4, 0.5) is 0 Å². The van der Waals surface area contributed by atoms with E-state index in [1.54, 1.807) is 7.05 Å². The molecule has 0 spiro atoms. The van der Waals surface area contributed by atoms with Gasteiger partial charge >= 0.3 is 0 Å². The van der Waals surface area contributed by atoms with Crippen molar-refractivity contribution >= 4 is 21.4 Å². The molecule has 0 amide bonds. The first-order valence-corrected chi connectivity index (χ1v) is 8.04. The third kappa shape index (κ3) is 3.41. The maximum Gasteiger partial charge on any atom is 0.244 e. The highest BCUT2D eigenvalue weighted by molar-refractivity contribution is 7.89. The van der Waals surface area contributed by atoms with Crippen LogP contribution < -0.4 is 4.72 Å². The maximum absolute atomic E-state index is 12.2. The van der Waals surface area contributed by atoms with E-state index in [9.17, 15) is 8.42 Å². The lowest BCUT2D eigenvalue weighted by Crippen LogP contribution is -2.28. The Morgan fingerprint density at radius 3 is 2.89 bits per heavy atom. The molecule has 0 aliphatic heterocycles. The van der Waals surface area contributed by atoms with E-state index in [0.717, 1.165) is 4.88 Å². The van der Waals surface area contributed by atoms with Crippen molar-refractivity contribution in [3.05, 3.63) is 34.8 Å². The minimum atomic E-state index is -3.62. The Morgan fingerprint density at radius 2 is 2.37 bits per heavy atom. The van der Waals surface area contributed by atoms with Gasteiger partial charge in [-0.2, -0.15) is 5.10 Å². The molecule has 0 aromatic carbocycles. The molecule has 0 fully saturated rings. The molecule has 0 aliphatic rings. The first kappa shape index (κ1) is 14.2. The van der Waals surface area contributed by atoms with Crippen molar-refractivity contribution in [2.75, 3.05) is 6.61 Å². The molecule has 0 saturated heterocycles. The molecule has 0 radical (unpaired) electrons. The van der Waals surface area contributed by atoms with Gasteiger partial charge in [-0.1, -0.05) is 6.07 Å². The molecule has 0 saturated carbocycles. The van der Waals surface area contributed by atoms with Crippen LogP contribution in [0.1, 0.15) is 17.3 Å². The number of nitrogens with one attached hydrogen (secondary N) is 1. The summed E-state index contributed by atoms with van der Waals surface area (Å²) in [5, 5.41) is 14.8. The molecular formula is C11H15N3O3S2. The monoisotopic (exact) mass is 301 g/mol. The fraction of sp³-hybridized carbons (Fsp3) is 0.364. The molecule has 0 aliphatic carbocycles. The van der Waals surface area contributed by atoms with E-state index in [4.69, 9.17) is 5.11 Å². The summed E-state index contributed by atoms with van der Waals surface area (Å²) < 4.78 is 28.4. The summed E-state index contributed by atoms with van der Waals surface area (Å²) >= 11 is 1.45. The van der Waals surface area contributed by atoms with Crippen LogP contribution in [0.2, 0.25) is 0 Å². The SMILES string of the molecule is Cn1cc(S(=O)(=O)NC(CCO)c2cccs2)cn1. The van der Waals surface area contributed by atoms with Crippen molar-refractivity contribution in [2.45, 2.75) is 17.4 Å². The van der Waals surface area contributed by atoms with Gasteiger partial charge in [0, 0.05) is 24.7 Å². The number of rotatable bonds is 6.